The summed E-state index contributed by atoms with van der Waals surface area (Å²) in [5.74, 6) is -1.43. The van der Waals surface area contributed by atoms with Gasteiger partial charge in [-0.25, -0.2) is 13.5 Å². The van der Waals surface area contributed by atoms with E-state index >= 15 is 0 Å². The summed E-state index contributed by atoms with van der Waals surface area (Å²) in [4.78, 5) is 11.6. The van der Waals surface area contributed by atoms with Crippen LogP contribution in [0, 0.1) is 11.6 Å². The first-order valence-corrected chi connectivity index (χ1v) is 5.38. The Morgan fingerprint density at radius 2 is 2.06 bits per heavy atom. The molecule has 1 aromatic carbocycles. The monoisotopic (exact) mass is 238 g/mol. The Bertz CT molecular complexity index is 586. The topological polar surface area (TPSA) is 37.8 Å². The predicted octanol–water partition coefficient (Wildman–Crippen LogP) is 2.40. The quantitative estimate of drug-likeness (QED) is 0.876. The van der Waals surface area contributed by atoms with Crippen LogP contribution in [0.3, 0.4) is 0 Å². The van der Waals surface area contributed by atoms with Crippen LogP contribution in [0.2, 0.25) is 0 Å². The Morgan fingerprint density at radius 3 is 2.71 bits per heavy atom. The zero-order valence-corrected chi connectivity index (χ0v) is 9.34. The maximum absolute atomic E-state index is 13.5. The second-order valence-electron chi connectivity index (χ2n) is 3.80. The molecule has 0 bridgehead atoms. The van der Waals surface area contributed by atoms with Crippen LogP contribution in [0.4, 0.5) is 8.78 Å². The molecule has 0 aliphatic rings. The molecular weight excluding hydrogens is 226 g/mol. The number of aryl methyl sites for hydroxylation is 1. The molecule has 2 rings (SSSR count). The molecule has 1 N–H and O–H groups in total. The molecule has 0 amide bonds. The molecule has 5 heteroatoms. The fraction of sp³-hybridized carbons (Fsp3) is 0.250. The van der Waals surface area contributed by atoms with Gasteiger partial charge in [-0.05, 0) is 18.6 Å². The first-order valence-electron chi connectivity index (χ1n) is 5.38. The van der Waals surface area contributed by atoms with Crippen LogP contribution >= 0.6 is 0 Å². The van der Waals surface area contributed by atoms with Gasteiger partial charge in [0.05, 0.1) is 0 Å². The zero-order valence-electron chi connectivity index (χ0n) is 9.34. The minimum Gasteiger partial charge on any atom is -0.295 e. The van der Waals surface area contributed by atoms with Crippen molar-refractivity contribution in [3.8, 4) is 5.69 Å². The molecule has 17 heavy (non-hydrogen) atoms. The fourth-order valence-electron chi connectivity index (χ4n) is 1.68. The number of aromatic amines is 1. The third kappa shape index (κ3) is 2.27. The van der Waals surface area contributed by atoms with Crippen LogP contribution < -0.4 is 5.56 Å². The summed E-state index contributed by atoms with van der Waals surface area (Å²) in [6.07, 6.45) is 1.59. The Labute approximate surface area is 96.7 Å². The van der Waals surface area contributed by atoms with E-state index < -0.39 is 11.6 Å². The standard InChI is InChI=1S/C12H12F2N2O/c1-2-3-9-7-12(17)16(15-9)11-5-4-8(13)6-10(11)14/h4-7,15H,2-3H2,1H3. The van der Waals surface area contributed by atoms with Gasteiger partial charge in [-0.15, -0.1) is 0 Å². The van der Waals surface area contributed by atoms with Crippen LogP contribution in [-0.2, 0) is 6.42 Å². The molecule has 3 nitrogen and oxygen atoms in total. The van der Waals surface area contributed by atoms with Crippen molar-refractivity contribution in [3.05, 3.63) is 51.9 Å². The molecule has 90 valence electrons. The first-order chi connectivity index (χ1) is 8.11. The van der Waals surface area contributed by atoms with E-state index in [1.165, 1.54) is 12.1 Å². The average Bonchev–Trinajstić information content (AvgIpc) is 2.60. The van der Waals surface area contributed by atoms with Gasteiger partial charge in [0.2, 0.25) is 0 Å². The molecule has 0 radical (unpaired) electrons. The summed E-state index contributed by atoms with van der Waals surface area (Å²) in [7, 11) is 0. The molecule has 0 fully saturated rings. The minimum absolute atomic E-state index is 0.0266. The number of H-pyrrole nitrogens is 1. The van der Waals surface area contributed by atoms with Crippen LogP contribution in [0.1, 0.15) is 19.0 Å². The first kappa shape index (κ1) is 11.6. The highest BCUT2D eigenvalue weighted by atomic mass is 19.1. The van der Waals surface area contributed by atoms with Gasteiger partial charge in [0.25, 0.3) is 5.56 Å². The molecule has 1 heterocycles. The predicted molar refractivity (Wildman–Crippen MR) is 60.3 cm³/mol. The smallest absolute Gasteiger partial charge is 0.271 e. The van der Waals surface area contributed by atoms with E-state index in [0.717, 1.165) is 28.9 Å². The summed E-state index contributed by atoms with van der Waals surface area (Å²) in [5.41, 5.74) is 0.416. The summed E-state index contributed by atoms with van der Waals surface area (Å²) in [6.45, 7) is 1.98. The van der Waals surface area contributed by atoms with Crippen LogP contribution in [0.25, 0.3) is 5.69 Å². The summed E-state index contributed by atoms with van der Waals surface area (Å²) >= 11 is 0. The lowest BCUT2D eigenvalue weighted by Gasteiger charge is -2.03. The highest BCUT2D eigenvalue weighted by molar-refractivity contribution is 5.33. The normalized spacial score (nSPS) is 10.8. The second-order valence-corrected chi connectivity index (χ2v) is 3.80. The van der Waals surface area contributed by atoms with Crippen LogP contribution in [-0.4, -0.2) is 9.78 Å². The van der Waals surface area contributed by atoms with Gasteiger partial charge in [-0.2, -0.15) is 0 Å². The Kier molecular flexibility index (Phi) is 3.08. The number of halogens is 2. The zero-order chi connectivity index (χ0) is 12.4. The molecule has 0 unspecified atom stereocenters. The maximum Gasteiger partial charge on any atom is 0.271 e. The van der Waals surface area contributed by atoms with E-state index in [1.54, 1.807) is 0 Å². The highest BCUT2D eigenvalue weighted by Crippen LogP contribution is 2.12. The Balaban J connectivity index is 2.49. The van der Waals surface area contributed by atoms with Crippen molar-refractivity contribution in [2.24, 2.45) is 0 Å². The maximum atomic E-state index is 13.5. The van der Waals surface area contributed by atoms with E-state index in [4.69, 9.17) is 0 Å². The minimum atomic E-state index is -0.767. The van der Waals surface area contributed by atoms with Gasteiger partial charge >= 0.3 is 0 Å². The summed E-state index contributed by atoms with van der Waals surface area (Å²) in [5, 5.41) is 2.80. The van der Waals surface area contributed by atoms with Gasteiger partial charge in [0.15, 0.2) is 5.82 Å². The van der Waals surface area contributed by atoms with Crippen LogP contribution in [0.15, 0.2) is 29.1 Å². The lowest BCUT2D eigenvalue weighted by Crippen LogP contribution is -2.15. The van der Waals surface area contributed by atoms with Gasteiger partial charge in [0, 0.05) is 17.8 Å². The molecule has 0 saturated heterocycles. The van der Waals surface area contributed by atoms with Gasteiger partial charge < -0.3 is 0 Å². The summed E-state index contributed by atoms with van der Waals surface area (Å²) < 4.78 is 27.3. The largest absolute Gasteiger partial charge is 0.295 e. The van der Waals surface area contributed by atoms with Crippen molar-refractivity contribution in [1.29, 1.82) is 0 Å². The molecule has 0 atom stereocenters. The number of benzene rings is 1. The molecule has 0 saturated carbocycles. The Morgan fingerprint density at radius 1 is 1.29 bits per heavy atom. The molecule has 2 aromatic rings. The van der Waals surface area contributed by atoms with Crippen molar-refractivity contribution < 1.29 is 8.78 Å². The van der Waals surface area contributed by atoms with Gasteiger partial charge in [-0.1, -0.05) is 13.3 Å². The summed E-state index contributed by atoms with van der Waals surface area (Å²) in [6, 6.07) is 4.53. The SMILES string of the molecule is CCCc1cc(=O)n(-c2ccc(F)cc2F)[nH]1. The van der Waals surface area contributed by atoms with E-state index in [2.05, 4.69) is 5.10 Å². The molecule has 0 aliphatic heterocycles. The third-order valence-electron chi connectivity index (χ3n) is 2.44. The van der Waals surface area contributed by atoms with E-state index in [9.17, 15) is 13.6 Å². The highest BCUT2D eigenvalue weighted by Gasteiger charge is 2.10. The Hall–Kier alpha value is -1.91. The van der Waals surface area contributed by atoms with Gasteiger partial charge in [-0.3, -0.25) is 9.89 Å². The van der Waals surface area contributed by atoms with Gasteiger partial charge in [0.1, 0.15) is 11.5 Å². The van der Waals surface area contributed by atoms with Crippen molar-refractivity contribution in [2.75, 3.05) is 0 Å². The van der Waals surface area contributed by atoms with E-state index in [0.29, 0.717) is 6.42 Å². The van der Waals surface area contributed by atoms with E-state index in [-0.39, 0.29) is 11.2 Å². The molecule has 0 spiro atoms. The lowest BCUT2D eigenvalue weighted by molar-refractivity contribution is 0.571. The van der Waals surface area contributed by atoms with Crippen molar-refractivity contribution in [3.63, 3.8) is 0 Å². The number of hydrogen-bond donors (Lipinski definition) is 1. The molecule has 0 aliphatic carbocycles. The van der Waals surface area contributed by atoms with E-state index in [1.807, 2.05) is 6.92 Å². The average molecular weight is 238 g/mol. The number of rotatable bonds is 3. The van der Waals surface area contributed by atoms with Crippen molar-refractivity contribution in [2.45, 2.75) is 19.8 Å². The van der Waals surface area contributed by atoms with Crippen molar-refractivity contribution in [1.82, 2.24) is 9.78 Å². The van der Waals surface area contributed by atoms with Crippen LogP contribution in [0.5, 0.6) is 0 Å². The number of hydrogen-bond acceptors (Lipinski definition) is 1. The number of nitrogens with zero attached hydrogens (tertiary/aromatic N) is 1. The number of nitrogens with one attached hydrogen (secondary N) is 1. The number of aromatic nitrogens is 2. The fourth-order valence-corrected chi connectivity index (χ4v) is 1.68. The third-order valence-corrected chi connectivity index (χ3v) is 2.44. The van der Waals surface area contributed by atoms with Crippen molar-refractivity contribution >= 4 is 0 Å². The lowest BCUT2D eigenvalue weighted by atomic mass is 10.3. The molecular formula is C12H12F2N2O. The molecule has 1 aromatic heterocycles. The second kappa shape index (κ2) is 4.53.